The maximum Gasteiger partial charge on any atom is 0.326 e. The summed E-state index contributed by atoms with van der Waals surface area (Å²) in [6.45, 7) is 6.21. The van der Waals surface area contributed by atoms with Gasteiger partial charge in [0.2, 0.25) is 0 Å². The van der Waals surface area contributed by atoms with Crippen molar-refractivity contribution in [2.75, 3.05) is 0 Å². The molecule has 5 rings (SSSR count). The van der Waals surface area contributed by atoms with E-state index in [1.165, 1.54) is 23.5 Å². The SMILES string of the molecule is CC(C)(C)c1ccc(C(=O)N[C@@H](Cc2ccc(-c3ncc(-c4ccc(-c5ccc(F)cc5)cc4)cn3)cc2)C(=O)O)s1. The molecule has 0 aliphatic carbocycles. The second-order valence-corrected chi connectivity index (χ2v) is 12.1. The van der Waals surface area contributed by atoms with E-state index in [1.807, 2.05) is 54.6 Å². The molecule has 2 heterocycles. The van der Waals surface area contributed by atoms with Crippen molar-refractivity contribution in [1.82, 2.24) is 15.3 Å². The lowest BCUT2D eigenvalue weighted by Crippen LogP contribution is -2.42. The minimum atomic E-state index is -1.09. The second kappa shape index (κ2) is 12.0. The Morgan fingerprint density at radius 3 is 1.83 bits per heavy atom. The first-order chi connectivity index (χ1) is 20.1. The van der Waals surface area contributed by atoms with Crippen molar-refractivity contribution in [2.24, 2.45) is 0 Å². The minimum absolute atomic E-state index is 0.0843. The van der Waals surface area contributed by atoms with E-state index in [0.717, 1.165) is 38.3 Å². The zero-order chi connectivity index (χ0) is 29.9. The summed E-state index contributed by atoms with van der Waals surface area (Å²) in [5.74, 6) is -1.20. The van der Waals surface area contributed by atoms with E-state index in [1.54, 1.807) is 30.6 Å². The summed E-state index contributed by atoms with van der Waals surface area (Å²) >= 11 is 1.38. The van der Waals surface area contributed by atoms with E-state index in [9.17, 15) is 19.1 Å². The van der Waals surface area contributed by atoms with E-state index in [2.05, 4.69) is 36.1 Å². The summed E-state index contributed by atoms with van der Waals surface area (Å²) < 4.78 is 13.2. The molecule has 0 saturated carbocycles. The van der Waals surface area contributed by atoms with Crippen LogP contribution in [0, 0.1) is 5.82 Å². The number of benzene rings is 3. The number of aliphatic carboxylic acids is 1. The van der Waals surface area contributed by atoms with Crippen LogP contribution >= 0.6 is 11.3 Å². The van der Waals surface area contributed by atoms with Gasteiger partial charge >= 0.3 is 5.97 Å². The molecule has 1 amide bonds. The van der Waals surface area contributed by atoms with Crippen molar-refractivity contribution in [1.29, 1.82) is 0 Å². The molecule has 0 aliphatic rings. The first kappa shape index (κ1) is 28.8. The number of thiophene rings is 1. The molecular formula is C34H30FN3O3S. The van der Waals surface area contributed by atoms with Gasteiger partial charge in [-0.1, -0.05) is 81.4 Å². The Bertz CT molecular complexity index is 1690. The van der Waals surface area contributed by atoms with E-state index >= 15 is 0 Å². The highest BCUT2D eigenvalue weighted by atomic mass is 32.1. The van der Waals surface area contributed by atoms with Gasteiger partial charge in [-0.05, 0) is 51.9 Å². The van der Waals surface area contributed by atoms with Gasteiger partial charge in [0.05, 0.1) is 4.88 Å². The highest BCUT2D eigenvalue weighted by molar-refractivity contribution is 7.14. The monoisotopic (exact) mass is 579 g/mol. The molecule has 5 aromatic rings. The highest BCUT2D eigenvalue weighted by Crippen LogP contribution is 2.30. The van der Waals surface area contributed by atoms with Crippen LogP contribution in [0.15, 0.2) is 97.3 Å². The maximum absolute atomic E-state index is 13.2. The van der Waals surface area contributed by atoms with Gasteiger partial charge in [0, 0.05) is 34.8 Å². The number of hydrogen-bond donors (Lipinski definition) is 2. The lowest BCUT2D eigenvalue weighted by atomic mass is 9.95. The third-order valence-electron chi connectivity index (χ3n) is 6.87. The molecule has 0 saturated heterocycles. The fourth-order valence-corrected chi connectivity index (χ4v) is 5.41. The van der Waals surface area contributed by atoms with Crippen molar-refractivity contribution in [2.45, 2.75) is 38.6 Å². The van der Waals surface area contributed by atoms with Crippen LogP contribution in [0.5, 0.6) is 0 Å². The first-order valence-corrected chi connectivity index (χ1v) is 14.3. The van der Waals surface area contributed by atoms with Crippen molar-refractivity contribution < 1.29 is 19.1 Å². The molecule has 0 bridgehead atoms. The average molecular weight is 580 g/mol. The zero-order valence-electron chi connectivity index (χ0n) is 23.5. The van der Waals surface area contributed by atoms with E-state index in [4.69, 9.17) is 0 Å². The normalized spacial score (nSPS) is 12.1. The fourth-order valence-electron chi connectivity index (χ4n) is 4.44. The molecule has 2 aromatic heterocycles. The molecule has 0 spiro atoms. The predicted octanol–water partition coefficient (Wildman–Crippen LogP) is 7.40. The first-order valence-electron chi connectivity index (χ1n) is 13.5. The Morgan fingerprint density at radius 2 is 1.31 bits per heavy atom. The maximum atomic E-state index is 13.2. The number of amides is 1. The molecule has 8 heteroatoms. The van der Waals surface area contributed by atoms with Gasteiger partial charge in [-0.25, -0.2) is 19.2 Å². The number of rotatable bonds is 8. The lowest BCUT2D eigenvalue weighted by Gasteiger charge is -2.16. The molecule has 6 nitrogen and oxygen atoms in total. The molecule has 0 fully saturated rings. The van der Waals surface area contributed by atoms with Gasteiger partial charge < -0.3 is 10.4 Å². The van der Waals surface area contributed by atoms with Crippen molar-refractivity contribution in [3.05, 3.63) is 118 Å². The minimum Gasteiger partial charge on any atom is -0.480 e. The average Bonchev–Trinajstić information content (AvgIpc) is 3.50. The fraction of sp³-hybridized carbons (Fsp3) is 0.176. The predicted molar refractivity (Wildman–Crippen MR) is 164 cm³/mol. The topological polar surface area (TPSA) is 92.2 Å². The van der Waals surface area contributed by atoms with Crippen LogP contribution in [-0.2, 0) is 16.6 Å². The molecular weight excluding hydrogens is 549 g/mol. The Morgan fingerprint density at radius 1 is 0.786 bits per heavy atom. The standard InChI is InChI=1S/C34H30FN3O3S/c1-34(2,3)30-17-16-29(42-30)32(39)38-28(33(40)41)18-21-4-6-25(7-5-21)31-36-19-26(20-37-31)24-10-8-22(9-11-24)23-12-14-27(35)15-13-23/h4-17,19-20,28H,18H2,1-3H3,(H,38,39)(H,40,41)/t28-/m0/s1. The van der Waals surface area contributed by atoms with Crippen LogP contribution in [0.4, 0.5) is 4.39 Å². The number of halogens is 1. The lowest BCUT2D eigenvalue weighted by molar-refractivity contribution is -0.139. The number of nitrogens with one attached hydrogen (secondary N) is 1. The van der Waals surface area contributed by atoms with Gasteiger partial charge in [-0.15, -0.1) is 11.3 Å². The van der Waals surface area contributed by atoms with E-state index < -0.39 is 17.9 Å². The van der Waals surface area contributed by atoms with E-state index in [-0.39, 0.29) is 17.7 Å². The summed E-state index contributed by atoms with van der Waals surface area (Å²) in [7, 11) is 0. The van der Waals surface area contributed by atoms with Crippen LogP contribution < -0.4 is 5.32 Å². The number of aromatic nitrogens is 2. The molecule has 1 atom stereocenters. The molecule has 0 radical (unpaired) electrons. The molecule has 2 N–H and O–H groups in total. The van der Waals surface area contributed by atoms with Crippen LogP contribution in [-0.4, -0.2) is 33.0 Å². The zero-order valence-corrected chi connectivity index (χ0v) is 24.3. The molecule has 0 unspecified atom stereocenters. The van der Waals surface area contributed by atoms with Crippen LogP contribution in [0.3, 0.4) is 0 Å². The van der Waals surface area contributed by atoms with Crippen molar-refractivity contribution in [3.8, 4) is 33.6 Å². The number of carboxylic acid groups (broad SMARTS) is 1. The van der Waals surface area contributed by atoms with Crippen molar-refractivity contribution in [3.63, 3.8) is 0 Å². The summed E-state index contributed by atoms with van der Waals surface area (Å²) in [6.07, 6.45) is 3.66. The number of carboxylic acids is 1. The largest absolute Gasteiger partial charge is 0.480 e. The van der Waals surface area contributed by atoms with Crippen LogP contribution in [0.1, 0.15) is 40.9 Å². The quantitative estimate of drug-likeness (QED) is 0.200. The summed E-state index contributed by atoms with van der Waals surface area (Å²) in [6, 6.07) is 24.2. The van der Waals surface area contributed by atoms with Gasteiger partial charge in [-0.2, -0.15) is 0 Å². The number of hydrogen-bond acceptors (Lipinski definition) is 5. The van der Waals surface area contributed by atoms with Crippen LogP contribution in [0.2, 0.25) is 0 Å². The Kier molecular flexibility index (Phi) is 8.27. The third kappa shape index (κ3) is 6.78. The third-order valence-corrected chi connectivity index (χ3v) is 8.38. The summed E-state index contributed by atoms with van der Waals surface area (Å²) in [4.78, 5) is 35.3. The number of nitrogens with zero attached hydrogens (tertiary/aromatic N) is 2. The molecule has 212 valence electrons. The Balaban J connectivity index is 1.23. The smallest absolute Gasteiger partial charge is 0.326 e. The van der Waals surface area contributed by atoms with Crippen LogP contribution in [0.25, 0.3) is 33.6 Å². The van der Waals surface area contributed by atoms with Gasteiger partial charge in [0.1, 0.15) is 11.9 Å². The van der Waals surface area contributed by atoms with Gasteiger partial charge in [0.15, 0.2) is 5.82 Å². The molecule has 42 heavy (non-hydrogen) atoms. The Hall–Kier alpha value is -4.69. The summed E-state index contributed by atoms with van der Waals surface area (Å²) in [5, 5.41) is 12.4. The second-order valence-electron chi connectivity index (χ2n) is 11.1. The van der Waals surface area contributed by atoms with Gasteiger partial charge in [0.25, 0.3) is 5.91 Å². The van der Waals surface area contributed by atoms with Gasteiger partial charge in [-0.3, -0.25) is 4.79 Å². The Labute approximate surface area is 247 Å². The number of carbonyl (C=O) groups is 2. The number of carbonyl (C=O) groups excluding carboxylic acids is 1. The van der Waals surface area contributed by atoms with E-state index in [0.29, 0.717) is 10.7 Å². The summed E-state index contributed by atoms with van der Waals surface area (Å²) in [5.41, 5.74) is 5.23. The molecule has 0 aliphatic heterocycles. The highest BCUT2D eigenvalue weighted by Gasteiger charge is 2.24. The van der Waals surface area contributed by atoms with Crippen molar-refractivity contribution >= 4 is 23.2 Å². The molecule has 3 aromatic carbocycles.